The van der Waals surface area contributed by atoms with E-state index < -0.39 is 18.2 Å². The van der Waals surface area contributed by atoms with E-state index in [2.05, 4.69) is 11.8 Å². The Bertz CT molecular complexity index is 831. The normalized spacial score (nSPS) is 26.0. The van der Waals surface area contributed by atoms with Crippen molar-refractivity contribution in [3.63, 3.8) is 0 Å². The Labute approximate surface area is 222 Å². The summed E-state index contributed by atoms with van der Waals surface area (Å²) in [5.74, 6) is 5.87. The topological polar surface area (TPSA) is 87.0 Å². The number of para-hydroxylation sites is 1. The summed E-state index contributed by atoms with van der Waals surface area (Å²) in [5, 5.41) is 29.9. The van der Waals surface area contributed by atoms with E-state index in [1.165, 1.54) is 0 Å². The van der Waals surface area contributed by atoms with E-state index in [-0.39, 0.29) is 83.1 Å². The summed E-state index contributed by atoms with van der Waals surface area (Å²) in [6.07, 6.45) is 5.07. The molecule has 1 heterocycles. The number of benzene rings is 1. The van der Waals surface area contributed by atoms with E-state index in [0.717, 1.165) is 16.9 Å². The number of hydrogen-bond donors (Lipinski definition) is 3. The van der Waals surface area contributed by atoms with Crippen LogP contribution in [-0.2, 0) is 11.2 Å². The van der Waals surface area contributed by atoms with Gasteiger partial charge >= 0.3 is 57.4 Å². The third-order valence-corrected chi connectivity index (χ3v) is 6.04. The maximum Gasteiger partial charge on any atom is 1.00 e. The van der Waals surface area contributed by atoms with Crippen LogP contribution < -0.4 is 56.1 Å². The Balaban J connectivity index is 0.00000240. The molecule has 3 rings (SSSR count). The molecule has 158 valence electrons. The molecule has 6 atom stereocenters. The molecular formula is C24H31KO5. The zero-order valence-electron chi connectivity index (χ0n) is 19.0. The molecule has 0 amide bonds. The van der Waals surface area contributed by atoms with E-state index in [4.69, 9.17) is 9.84 Å². The molecule has 3 N–H and O–H groups in total. The number of carbonyl (C=O) groups is 1. The Morgan fingerprint density at radius 1 is 1.43 bits per heavy atom. The zero-order chi connectivity index (χ0) is 21.0. The first kappa shape index (κ1) is 25.6. The Morgan fingerprint density at radius 2 is 2.20 bits per heavy atom. The van der Waals surface area contributed by atoms with Crippen molar-refractivity contribution < 1.29 is 77.7 Å². The summed E-state index contributed by atoms with van der Waals surface area (Å²) >= 11 is 0. The Kier molecular flexibility index (Phi) is 10.1. The molecule has 1 aliphatic heterocycles. The minimum absolute atomic E-state index is 0. The van der Waals surface area contributed by atoms with E-state index in [1.54, 1.807) is 13.0 Å². The number of fused-ring (bicyclic) bond motifs is 3. The van der Waals surface area contributed by atoms with Crippen LogP contribution in [0.5, 0.6) is 5.75 Å². The molecule has 1 aliphatic carbocycles. The second kappa shape index (κ2) is 11.8. The molecule has 0 aromatic heterocycles. The summed E-state index contributed by atoms with van der Waals surface area (Å²) in [7, 11) is 0. The fraction of sp³-hybridized carbons (Fsp3) is 0.542. The van der Waals surface area contributed by atoms with Gasteiger partial charge in [0.05, 0.1) is 12.2 Å². The third kappa shape index (κ3) is 5.98. The van der Waals surface area contributed by atoms with Gasteiger partial charge in [0.25, 0.3) is 0 Å². The first-order valence-electron chi connectivity index (χ1n) is 10.4. The predicted octanol–water partition coefficient (Wildman–Crippen LogP) is 0.402. The predicted molar refractivity (Wildman–Crippen MR) is 112 cm³/mol. The number of hydrogen-bond acceptors (Lipinski definition) is 4. The molecule has 30 heavy (non-hydrogen) atoms. The SMILES string of the molecule is CC#CCC(C)[C@H](O)/C=C/[C@@H]1[C@H]2c3cccc(CCCC(=O)O)c3O[C@H]2C[C@H]1O.[H-].[K+]. The van der Waals surface area contributed by atoms with Crippen LogP contribution in [0.3, 0.4) is 0 Å². The molecule has 0 bridgehead atoms. The van der Waals surface area contributed by atoms with Crippen LogP contribution in [-0.4, -0.2) is 39.6 Å². The number of aryl methyl sites for hydroxylation is 1. The van der Waals surface area contributed by atoms with Crippen molar-refractivity contribution in [2.75, 3.05) is 0 Å². The average molecular weight is 439 g/mol. The summed E-state index contributed by atoms with van der Waals surface area (Å²) in [6, 6.07) is 6.01. The number of carboxylic acid groups (broad SMARTS) is 1. The second-order valence-corrected chi connectivity index (χ2v) is 8.13. The number of rotatable bonds is 8. The van der Waals surface area contributed by atoms with Crippen molar-refractivity contribution in [1.29, 1.82) is 0 Å². The second-order valence-electron chi connectivity index (χ2n) is 8.13. The first-order chi connectivity index (χ1) is 13.9. The maximum absolute atomic E-state index is 10.8. The zero-order valence-corrected chi connectivity index (χ0v) is 21.2. The van der Waals surface area contributed by atoms with Gasteiger partial charge in [-0.1, -0.05) is 37.3 Å². The fourth-order valence-electron chi connectivity index (χ4n) is 4.41. The number of carboxylic acids is 1. The quantitative estimate of drug-likeness (QED) is 0.311. The molecule has 5 nitrogen and oxygen atoms in total. The molecular weight excluding hydrogens is 407 g/mol. The van der Waals surface area contributed by atoms with E-state index in [0.29, 0.717) is 25.7 Å². The van der Waals surface area contributed by atoms with Gasteiger partial charge in [0, 0.05) is 36.7 Å². The van der Waals surface area contributed by atoms with Crippen molar-refractivity contribution in [2.24, 2.45) is 11.8 Å². The van der Waals surface area contributed by atoms with Crippen molar-refractivity contribution in [1.82, 2.24) is 0 Å². The van der Waals surface area contributed by atoms with Gasteiger partial charge in [-0.2, -0.15) is 0 Å². The average Bonchev–Trinajstić information content (AvgIpc) is 3.19. The summed E-state index contributed by atoms with van der Waals surface area (Å²) in [4.78, 5) is 10.8. The van der Waals surface area contributed by atoms with Crippen molar-refractivity contribution in [3.8, 4) is 17.6 Å². The van der Waals surface area contributed by atoms with E-state index in [1.807, 2.05) is 31.2 Å². The molecule has 2 aliphatic rings. The Hall–Kier alpha value is -0.654. The number of aliphatic hydroxyl groups is 2. The van der Waals surface area contributed by atoms with Crippen molar-refractivity contribution in [2.45, 2.75) is 70.2 Å². The largest absolute Gasteiger partial charge is 1.00 e. The summed E-state index contributed by atoms with van der Waals surface area (Å²) < 4.78 is 6.21. The summed E-state index contributed by atoms with van der Waals surface area (Å²) in [6.45, 7) is 3.75. The minimum Gasteiger partial charge on any atom is -1.00 e. The molecule has 0 radical (unpaired) electrons. The van der Waals surface area contributed by atoms with Crippen LogP contribution in [0.4, 0.5) is 0 Å². The van der Waals surface area contributed by atoms with Gasteiger partial charge in [-0.3, -0.25) is 4.79 Å². The van der Waals surface area contributed by atoms with Crippen LogP contribution in [0.2, 0.25) is 0 Å². The van der Waals surface area contributed by atoms with Crippen LogP contribution in [0.1, 0.15) is 58.0 Å². The summed E-state index contributed by atoms with van der Waals surface area (Å²) in [5.41, 5.74) is 2.11. The molecule has 1 aromatic carbocycles. The molecule has 0 saturated heterocycles. The van der Waals surface area contributed by atoms with Crippen LogP contribution in [0.15, 0.2) is 30.4 Å². The number of aliphatic hydroxyl groups excluding tert-OH is 2. The van der Waals surface area contributed by atoms with Gasteiger partial charge in [-0.25, -0.2) is 0 Å². The number of ether oxygens (including phenoxy) is 1. The van der Waals surface area contributed by atoms with Crippen molar-refractivity contribution >= 4 is 5.97 Å². The van der Waals surface area contributed by atoms with Crippen LogP contribution in [0, 0.1) is 23.7 Å². The van der Waals surface area contributed by atoms with E-state index >= 15 is 0 Å². The molecule has 0 spiro atoms. The number of aliphatic carboxylic acids is 1. The first-order valence-corrected chi connectivity index (χ1v) is 10.4. The molecule has 1 saturated carbocycles. The van der Waals surface area contributed by atoms with Gasteiger partial charge in [0.1, 0.15) is 11.9 Å². The monoisotopic (exact) mass is 438 g/mol. The van der Waals surface area contributed by atoms with Crippen LogP contribution >= 0.6 is 0 Å². The van der Waals surface area contributed by atoms with Gasteiger partial charge in [0.15, 0.2) is 0 Å². The van der Waals surface area contributed by atoms with Crippen LogP contribution in [0.25, 0.3) is 0 Å². The standard InChI is InChI=1S/C24H30O5.K.H/c1-3-4-7-15(2)19(25)13-12-17-20(26)14-21-23(17)18-10-5-8-16(24(18)29-21)9-6-11-22(27)28;;/h5,8,10,12-13,15,17,19-21,23,25-26H,6-7,9,11,14H2,1-2H3,(H,27,28);;/q;+1;-1/b13-12+;;/t15?,17-,19+,20+,21-,23-;;/m0../s1. The maximum atomic E-state index is 10.8. The fourth-order valence-corrected chi connectivity index (χ4v) is 4.41. The smallest absolute Gasteiger partial charge is 1.00 e. The minimum atomic E-state index is -0.790. The molecule has 6 heteroatoms. The van der Waals surface area contributed by atoms with Gasteiger partial charge in [-0.15, -0.1) is 11.8 Å². The van der Waals surface area contributed by atoms with Gasteiger partial charge in [0.2, 0.25) is 0 Å². The van der Waals surface area contributed by atoms with Gasteiger partial charge < -0.3 is 21.5 Å². The van der Waals surface area contributed by atoms with Gasteiger partial charge in [-0.05, 0) is 31.2 Å². The molecule has 1 fully saturated rings. The Morgan fingerprint density at radius 3 is 2.90 bits per heavy atom. The molecule has 1 aromatic rings. The van der Waals surface area contributed by atoms with E-state index in [9.17, 15) is 15.0 Å². The van der Waals surface area contributed by atoms with Crippen molar-refractivity contribution in [3.05, 3.63) is 41.5 Å². The molecule has 1 unspecified atom stereocenters. The third-order valence-electron chi connectivity index (χ3n) is 6.04.